The van der Waals surface area contributed by atoms with E-state index in [0.717, 1.165) is 16.7 Å². The van der Waals surface area contributed by atoms with Crippen molar-refractivity contribution in [1.29, 1.82) is 0 Å². The Balaban J connectivity index is 2.50. The average molecular weight is 242 g/mol. The number of allylic oxidation sites excluding steroid dienone is 1. The van der Waals surface area contributed by atoms with Crippen molar-refractivity contribution >= 4 is 27.3 Å². The summed E-state index contributed by atoms with van der Waals surface area (Å²) in [5.74, 6) is -1.96. The highest BCUT2D eigenvalue weighted by atomic mass is 32.2. The lowest BCUT2D eigenvalue weighted by Gasteiger charge is -2.24. The van der Waals surface area contributed by atoms with E-state index >= 15 is 0 Å². The SMILES string of the molecule is CC1=NN(S(C)(=O)=O)C2C=CC(=O)C(=O)C12. The van der Waals surface area contributed by atoms with Crippen LogP contribution in [0.5, 0.6) is 0 Å². The summed E-state index contributed by atoms with van der Waals surface area (Å²) < 4.78 is 23.7. The average Bonchev–Trinajstić information content (AvgIpc) is 2.50. The number of sulfonamides is 1. The van der Waals surface area contributed by atoms with Crippen LogP contribution in [0.1, 0.15) is 6.92 Å². The lowest BCUT2D eigenvalue weighted by Crippen LogP contribution is -2.43. The Kier molecular flexibility index (Phi) is 2.23. The third kappa shape index (κ3) is 1.47. The molecule has 0 amide bonds. The van der Waals surface area contributed by atoms with Crippen LogP contribution in [0.25, 0.3) is 0 Å². The molecular weight excluding hydrogens is 232 g/mol. The van der Waals surface area contributed by atoms with Crippen molar-refractivity contribution in [2.24, 2.45) is 11.0 Å². The summed E-state index contributed by atoms with van der Waals surface area (Å²) in [4.78, 5) is 22.8. The van der Waals surface area contributed by atoms with Crippen LogP contribution in [-0.4, -0.2) is 42.4 Å². The first-order valence-corrected chi connectivity index (χ1v) is 6.48. The molecule has 0 saturated heterocycles. The first-order valence-electron chi connectivity index (χ1n) is 4.63. The number of carbonyl (C=O) groups is 2. The first kappa shape index (κ1) is 11.0. The van der Waals surface area contributed by atoms with E-state index in [2.05, 4.69) is 5.10 Å². The van der Waals surface area contributed by atoms with Crippen LogP contribution in [0.3, 0.4) is 0 Å². The van der Waals surface area contributed by atoms with E-state index < -0.39 is 33.5 Å². The number of fused-ring (bicyclic) bond motifs is 1. The highest BCUT2D eigenvalue weighted by Crippen LogP contribution is 2.29. The molecule has 0 radical (unpaired) electrons. The van der Waals surface area contributed by atoms with E-state index in [1.54, 1.807) is 6.92 Å². The predicted octanol–water partition coefficient (Wildman–Crippen LogP) is -0.670. The van der Waals surface area contributed by atoms with E-state index in [4.69, 9.17) is 0 Å². The molecule has 2 atom stereocenters. The molecule has 0 aromatic rings. The van der Waals surface area contributed by atoms with E-state index in [1.165, 1.54) is 6.08 Å². The number of rotatable bonds is 1. The van der Waals surface area contributed by atoms with Gasteiger partial charge in [0.2, 0.25) is 21.6 Å². The summed E-state index contributed by atoms with van der Waals surface area (Å²) in [5.41, 5.74) is 0.359. The van der Waals surface area contributed by atoms with Gasteiger partial charge in [0.15, 0.2) is 0 Å². The van der Waals surface area contributed by atoms with Gasteiger partial charge in [-0.2, -0.15) is 9.52 Å². The lowest BCUT2D eigenvalue weighted by atomic mass is 9.86. The van der Waals surface area contributed by atoms with Crippen molar-refractivity contribution in [3.63, 3.8) is 0 Å². The molecule has 0 N–H and O–H groups in total. The molecule has 1 aliphatic heterocycles. The third-order valence-electron chi connectivity index (χ3n) is 2.61. The molecule has 0 fully saturated rings. The van der Waals surface area contributed by atoms with E-state index in [0.29, 0.717) is 5.71 Å². The summed E-state index contributed by atoms with van der Waals surface area (Å²) in [6.45, 7) is 1.55. The highest BCUT2D eigenvalue weighted by molar-refractivity contribution is 7.88. The van der Waals surface area contributed by atoms with Crippen molar-refractivity contribution in [3.8, 4) is 0 Å². The zero-order valence-corrected chi connectivity index (χ0v) is 9.56. The summed E-state index contributed by atoms with van der Waals surface area (Å²) in [5, 5.41) is 3.83. The van der Waals surface area contributed by atoms with E-state index in [1.807, 2.05) is 0 Å². The van der Waals surface area contributed by atoms with Crippen molar-refractivity contribution < 1.29 is 18.0 Å². The summed E-state index contributed by atoms with van der Waals surface area (Å²) >= 11 is 0. The van der Waals surface area contributed by atoms with Gasteiger partial charge < -0.3 is 0 Å². The van der Waals surface area contributed by atoms with Gasteiger partial charge in [-0.25, -0.2) is 8.42 Å². The van der Waals surface area contributed by atoms with Crippen LogP contribution in [0.15, 0.2) is 17.3 Å². The molecule has 0 bridgehead atoms. The Bertz CT molecular complexity index is 532. The number of hydrazone groups is 1. The molecule has 0 aromatic carbocycles. The second kappa shape index (κ2) is 3.24. The van der Waals surface area contributed by atoms with Crippen LogP contribution in [0.4, 0.5) is 0 Å². The molecule has 6 nitrogen and oxygen atoms in total. The van der Waals surface area contributed by atoms with E-state index in [9.17, 15) is 18.0 Å². The highest BCUT2D eigenvalue weighted by Gasteiger charge is 2.46. The predicted molar refractivity (Wildman–Crippen MR) is 56.2 cm³/mol. The van der Waals surface area contributed by atoms with Crippen molar-refractivity contribution in [1.82, 2.24) is 4.41 Å². The summed E-state index contributed by atoms with van der Waals surface area (Å²) in [6, 6.07) is -0.680. The monoisotopic (exact) mass is 242 g/mol. The van der Waals surface area contributed by atoms with Gasteiger partial charge in [-0.05, 0) is 13.0 Å². The molecular formula is C9H10N2O4S. The number of hydrogen-bond donors (Lipinski definition) is 0. The minimum Gasteiger partial charge on any atom is -0.290 e. The number of Topliss-reactive ketones (excluding diaryl/α,β-unsaturated/α-hetero) is 1. The standard InChI is InChI=1S/C9H10N2O4S/c1-5-8-6(3-4-7(12)9(8)13)11(10-5)16(2,14)15/h3-4,6,8H,1-2H3. The molecule has 1 heterocycles. The maximum absolute atomic E-state index is 11.6. The van der Waals surface area contributed by atoms with Crippen molar-refractivity contribution in [2.75, 3.05) is 6.26 Å². The first-order chi connectivity index (χ1) is 7.32. The van der Waals surface area contributed by atoms with Gasteiger partial charge in [0, 0.05) is 5.71 Å². The smallest absolute Gasteiger partial charge is 0.247 e. The summed E-state index contributed by atoms with van der Waals surface area (Å²) in [6.07, 6.45) is 3.53. The molecule has 1 aliphatic carbocycles. The Hall–Kier alpha value is -1.50. The maximum Gasteiger partial charge on any atom is 0.247 e. The molecule has 2 aliphatic rings. The molecule has 0 aromatic heterocycles. The van der Waals surface area contributed by atoms with Gasteiger partial charge >= 0.3 is 0 Å². The number of nitrogens with zero attached hydrogens (tertiary/aromatic N) is 2. The van der Waals surface area contributed by atoms with Crippen LogP contribution >= 0.6 is 0 Å². The minimum absolute atomic E-state index is 0.359. The quantitative estimate of drug-likeness (QED) is 0.571. The molecule has 86 valence electrons. The van der Waals surface area contributed by atoms with Gasteiger partial charge in [0.1, 0.15) is 0 Å². The second-order valence-corrected chi connectivity index (χ2v) is 5.67. The van der Waals surface area contributed by atoms with Crippen LogP contribution < -0.4 is 0 Å². The van der Waals surface area contributed by atoms with Crippen LogP contribution in [0, 0.1) is 5.92 Å². The van der Waals surface area contributed by atoms with E-state index in [-0.39, 0.29) is 0 Å². The van der Waals surface area contributed by atoms with Gasteiger partial charge in [-0.3, -0.25) is 9.59 Å². The third-order valence-corrected chi connectivity index (χ3v) is 3.62. The van der Waals surface area contributed by atoms with Crippen molar-refractivity contribution in [3.05, 3.63) is 12.2 Å². The number of ketones is 2. The number of hydrogen-bond acceptors (Lipinski definition) is 5. The largest absolute Gasteiger partial charge is 0.290 e. The van der Waals surface area contributed by atoms with Gasteiger partial charge in [0.05, 0.1) is 18.2 Å². The molecule has 0 spiro atoms. The van der Waals surface area contributed by atoms with Gasteiger partial charge in [-0.15, -0.1) is 0 Å². The lowest BCUT2D eigenvalue weighted by molar-refractivity contribution is -0.135. The van der Waals surface area contributed by atoms with Crippen molar-refractivity contribution in [2.45, 2.75) is 13.0 Å². The van der Waals surface area contributed by atoms with Crippen LogP contribution in [-0.2, 0) is 19.6 Å². The second-order valence-electron chi connectivity index (χ2n) is 3.83. The Morgan fingerprint density at radius 3 is 2.56 bits per heavy atom. The molecule has 2 unspecified atom stereocenters. The topological polar surface area (TPSA) is 83.9 Å². The maximum atomic E-state index is 11.6. The Morgan fingerprint density at radius 1 is 1.38 bits per heavy atom. The fourth-order valence-corrected chi connectivity index (χ4v) is 2.82. The Labute approximate surface area is 92.7 Å². The van der Waals surface area contributed by atoms with Gasteiger partial charge in [0.25, 0.3) is 0 Å². The number of carbonyl (C=O) groups excluding carboxylic acids is 2. The minimum atomic E-state index is -3.52. The zero-order chi connectivity index (χ0) is 12.1. The normalized spacial score (nSPS) is 29.4. The molecule has 0 saturated carbocycles. The van der Waals surface area contributed by atoms with Crippen LogP contribution in [0.2, 0.25) is 0 Å². The molecule has 7 heteroatoms. The summed E-state index contributed by atoms with van der Waals surface area (Å²) in [7, 11) is -3.52. The zero-order valence-electron chi connectivity index (χ0n) is 8.75. The fraction of sp³-hybridized carbons (Fsp3) is 0.444. The molecule has 2 rings (SSSR count). The fourth-order valence-electron chi connectivity index (χ4n) is 1.91. The Morgan fingerprint density at radius 2 is 2.00 bits per heavy atom. The molecule has 16 heavy (non-hydrogen) atoms. The van der Waals surface area contributed by atoms with Gasteiger partial charge in [-0.1, -0.05) is 6.08 Å².